The third-order valence-electron chi connectivity index (χ3n) is 4.20. The van der Waals surface area contributed by atoms with Crippen LogP contribution in [0.1, 0.15) is 25.7 Å². The van der Waals surface area contributed by atoms with Gasteiger partial charge in [0.2, 0.25) is 0 Å². The monoisotopic (exact) mass is 250 g/mol. The fourth-order valence-corrected chi connectivity index (χ4v) is 3.46. The Morgan fingerprint density at radius 1 is 1.28 bits per heavy atom. The number of nitrogens with two attached hydrogens (primary N) is 1. The van der Waals surface area contributed by atoms with Crippen molar-refractivity contribution in [3.05, 3.63) is 24.0 Å². The molecular weight excluding hydrogens is 231 g/mol. The molecule has 2 atom stereocenters. The summed E-state index contributed by atoms with van der Waals surface area (Å²) in [6.07, 6.45) is 4.38. The maximum atomic E-state index is 13.8. The lowest BCUT2D eigenvalue weighted by Gasteiger charge is -2.39. The molecule has 2 unspecified atom stereocenters. The molecule has 2 fully saturated rings. The number of hydrogen-bond donors (Lipinski definition) is 1. The van der Waals surface area contributed by atoms with Crippen molar-refractivity contribution in [2.24, 2.45) is 5.73 Å². The van der Waals surface area contributed by atoms with Gasteiger partial charge in [-0.1, -0.05) is 0 Å². The Morgan fingerprint density at radius 2 is 1.94 bits per heavy atom. The summed E-state index contributed by atoms with van der Waals surface area (Å²) in [4.78, 5) is 2.35. The maximum absolute atomic E-state index is 13.8. The van der Waals surface area contributed by atoms with Gasteiger partial charge < -0.3 is 15.4 Å². The van der Waals surface area contributed by atoms with Crippen LogP contribution in [-0.2, 0) is 0 Å². The molecule has 2 heterocycles. The topological polar surface area (TPSA) is 38.5 Å². The molecule has 0 aliphatic carbocycles. The van der Waals surface area contributed by atoms with Crippen LogP contribution in [0.25, 0.3) is 0 Å². The molecule has 2 aliphatic heterocycles. The van der Waals surface area contributed by atoms with Crippen molar-refractivity contribution in [3.8, 4) is 5.75 Å². The number of rotatable bonds is 2. The molecule has 2 N–H and O–H groups in total. The molecule has 1 aromatic rings. The zero-order valence-electron chi connectivity index (χ0n) is 10.6. The Labute approximate surface area is 107 Å². The Morgan fingerprint density at radius 3 is 2.50 bits per heavy atom. The molecular formula is C14H19FN2O. The van der Waals surface area contributed by atoms with Gasteiger partial charge in [-0.25, -0.2) is 4.39 Å². The number of piperidine rings is 1. The van der Waals surface area contributed by atoms with Crippen molar-refractivity contribution in [1.29, 1.82) is 0 Å². The average Bonchev–Trinajstić information content (AvgIpc) is 2.61. The van der Waals surface area contributed by atoms with E-state index in [1.807, 2.05) is 6.07 Å². The second kappa shape index (κ2) is 4.43. The van der Waals surface area contributed by atoms with Crippen LogP contribution in [0.3, 0.4) is 0 Å². The van der Waals surface area contributed by atoms with Crippen molar-refractivity contribution >= 4 is 5.69 Å². The highest BCUT2D eigenvalue weighted by molar-refractivity contribution is 5.53. The van der Waals surface area contributed by atoms with Gasteiger partial charge in [0.15, 0.2) is 11.6 Å². The Balaban J connectivity index is 1.89. The summed E-state index contributed by atoms with van der Waals surface area (Å²) in [6, 6.07) is 6.50. The summed E-state index contributed by atoms with van der Waals surface area (Å²) in [5.41, 5.74) is 7.02. The van der Waals surface area contributed by atoms with E-state index < -0.39 is 0 Å². The molecule has 3 nitrogen and oxygen atoms in total. The number of ether oxygens (including phenoxy) is 1. The van der Waals surface area contributed by atoms with Crippen LogP contribution in [0.15, 0.2) is 18.2 Å². The van der Waals surface area contributed by atoms with Crippen LogP contribution in [0, 0.1) is 5.82 Å². The van der Waals surface area contributed by atoms with E-state index in [1.165, 1.54) is 20.0 Å². The standard InChI is InChI=1S/C14H19FN2O/c1-18-14-5-4-12(8-13(14)15)17-10-2-3-11(17)7-9(16)6-10/h4-5,8-11H,2-3,6-7,16H2,1H3. The van der Waals surface area contributed by atoms with Gasteiger partial charge in [-0.3, -0.25) is 0 Å². The van der Waals surface area contributed by atoms with Gasteiger partial charge in [-0.15, -0.1) is 0 Å². The van der Waals surface area contributed by atoms with Crippen LogP contribution >= 0.6 is 0 Å². The quantitative estimate of drug-likeness (QED) is 0.875. The third kappa shape index (κ3) is 1.85. The molecule has 0 radical (unpaired) electrons. The summed E-state index contributed by atoms with van der Waals surface area (Å²) in [5.74, 6) is 0.0177. The minimum Gasteiger partial charge on any atom is -0.494 e. The Kier molecular flexibility index (Phi) is 2.90. The molecule has 4 heteroatoms. The van der Waals surface area contributed by atoms with Crippen molar-refractivity contribution < 1.29 is 9.13 Å². The minimum absolute atomic E-state index is 0.288. The van der Waals surface area contributed by atoms with Crippen molar-refractivity contribution in [2.75, 3.05) is 12.0 Å². The molecule has 0 aromatic heterocycles. The molecule has 1 aromatic carbocycles. The minimum atomic E-state index is -0.288. The highest BCUT2D eigenvalue weighted by atomic mass is 19.1. The number of methoxy groups -OCH3 is 1. The first-order valence-corrected chi connectivity index (χ1v) is 6.56. The van der Waals surface area contributed by atoms with Gasteiger partial charge in [0.1, 0.15) is 0 Å². The van der Waals surface area contributed by atoms with Gasteiger partial charge in [0.05, 0.1) is 7.11 Å². The summed E-state index contributed by atoms with van der Waals surface area (Å²) >= 11 is 0. The molecule has 2 aliphatic rings. The smallest absolute Gasteiger partial charge is 0.167 e. The van der Waals surface area contributed by atoms with E-state index in [0.717, 1.165) is 18.5 Å². The highest BCUT2D eigenvalue weighted by Crippen LogP contribution is 2.39. The molecule has 18 heavy (non-hydrogen) atoms. The number of hydrogen-bond acceptors (Lipinski definition) is 3. The lowest BCUT2D eigenvalue weighted by atomic mass is 9.97. The highest BCUT2D eigenvalue weighted by Gasteiger charge is 2.39. The predicted octanol–water partition coefficient (Wildman–Crippen LogP) is 2.29. The summed E-state index contributed by atoms with van der Waals surface area (Å²) in [7, 11) is 1.49. The van der Waals surface area contributed by atoms with E-state index >= 15 is 0 Å². The fraction of sp³-hybridized carbons (Fsp3) is 0.571. The first kappa shape index (κ1) is 11.8. The summed E-state index contributed by atoms with van der Waals surface area (Å²) in [6.45, 7) is 0. The van der Waals surface area contributed by atoms with Gasteiger partial charge in [0.25, 0.3) is 0 Å². The van der Waals surface area contributed by atoms with Crippen LogP contribution < -0.4 is 15.4 Å². The average molecular weight is 250 g/mol. The Bertz CT molecular complexity index is 437. The third-order valence-corrected chi connectivity index (χ3v) is 4.20. The number of nitrogens with zero attached hydrogens (tertiary/aromatic N) is 1. The fourth-order valence-electron chi connectivity index (χ4n) is 3.46. The second-order valence-electron chi connectivity index (χ2n) is 5.34. The van der Waals surface area contributed by atoms with Gasteiger partial charge in [-0.2, -0.15) is 0 Å². The molecule has 0 amide bonds. The largest absolute Gasteiger partial charge is 0.494 e. The van der Waals surface area contributed by atoms with E-state index in [2.05, 4.69) is 4.90 Å². The first-order valence-electron chi connectivity index (χ1n) is 6.56. The van der Waals surface area contributed by atoms with Crippen LogP contribution in [-0.4, -0.2) is 25.2 Å². The Hall–Kier alpha value is -1.29. The second-order valence-corrected chi connectivity index (χ2v) is 5.34. The van der Waals surface area contributed by atoms with Gasteiger partial charge in [0, 0.05) is 29.9 Å². The predicted molar refractivity (Wildman–Crippen MR) is 69.5 cm³/mol. The number of benzene rings is 1. The molecule has 98 valence electrons. The van der Waals surface area contributed by atoms with Gasteiger partial charge >= 0.3 is 0 Å². The maximum Gasteiger partial charge on any atom is 0.167 e. The van der Waals surface area contributed by atoms with E-state index in [9.17, 15) is 4.39 Å². The lowest BCUT2D eigenvalue weighted by Crippen LogP contribution is -2.47. The van der Waals surface area contributed by atoms with E-state index in [0.29, 0.717) is 23.9 Å². The van der Waals surface area contributed by atoms with Crippen molar-refractivity contribution in [2.45, 2.75) is 43.8 Å². The first-order chi connectivity index (χ1) is 8.69. The van der Waals surface area contributed by atoms with Gasteiger partial charge in [-0.05, 0) is 37.8 Å². The van der Waals surface area contributed by atoms with Crippen molar-refractivity contribution in [1.82, 2.24) is 0 Å². The lowest BCUT2D eigenvalue weighted by molar-refractivity contribution is 0.385. The van der Waals surface area contributed by atoms with E-state index in [1.54, 1.807) is 12.1 Å². The van der Waals surface area contributed by atoms with Crippen LogP contribution in [0.4, 0.5) is 10.1 Å². The molecule has 0 saturated carbocycles. The number of anilines is 1. The normalized spacial score (nSPS) is 30.6. The van der Waals surface area contributed by atoms with Crippen LogP contribution in [0.2, 0.25) is 0 Å². The molecule has 3 rings (SSSR count). The number of fused-ring (bicyclic) bond motifs is 2. The van der Waals surface area contributed by atoms with Crippen LogP contribution in [0.5, 0.6) is 5.75 Å². The zero-order valence-corrected chi connectivity index (χ0v) is 10.6. The summed E-state index contributed by atoms with van der Waals surface area (Å²) in [5, 5.41) is 0. The van der Waals surface area contributed by atoms with Crippen molar-refractivity contribution in [3.63, 3.8) is 0 Å². The molecule has 2 bridgehead atoms. The summed E-state index contributed by atoms with van der Waals surface area (Å²) < 4.78 is 18.7. The SMILES string of the molecule is COc1ccc(N2C3CCC2CC(N)C3)cc1F. The van der Waals surface area contributed by atoms with E-state index in [4.69, 9.17) is 10.5 Å². The molecule has 2 saturated heterocycles. The zero-order chi connectivity index (χ0) is 12.7. The number of halogens is 1. The molecule has 0 spiro atoms. The van der Waals surface area contributed by atoms with E-state index in [-0.39, 0.29) is 5.82 Å².